The number of nitrogens with one attached hydrogen (secondary N) is 1. The molecule has 1 aromatic carbocycles. The molecule has 0 unspecified atom stereocenters. The van der Waals surface area contributed by atoms with Crippen LogP contribution in [0.1, 0.15) is 29.9 Å². The Kier molecular flexibility index (Phi) is 5.17. The molecular formula is C17H22N2O2. The average molecular weight is 286 g/mol. The number of aromatic nitrogens is 1. The molecule has 21 heavy (non-hydrogen) atoms. The van der Waals surface area contributed by atoms with Crippen LogP contribution in [-0.2, 0) is 6.54 Å². The first-order valence-electron chi connectivity index (χ1n) is 7.01. The molecule has 2 rings (SSSR count). The van der Waals surface area contributed by atoms with Crippen LogP contribution in [0.5, 0.6) is 11.5 Å². The predicted octanol–water partition coefficient (Wildman–Crippen LogP) is 3.26. The van der Waals surface area contributed by atoms with E-state index in [-0.39, 0.29) is 6.04 Å². The molecule has 4 heteroatoms. The summed E-state index contributed by atoms with van der Waals surface area (Å²) in [5, 5.41) is 3.47. The van der Waals surface area contributed by atoms with Gasteiger partial charge in [-0.1, -0.05) is 12.1 Å². The van der Waals surface area contributed by atoms with Crippen molar-refractivity contribution in [3.8, 4) is 11.5 Å². The van der Waals surface area contributed by atoms with Crippen molar-refractivity contribution < 1.29 is 9.47 Å². The van der Waals surface area contributed by atoms with Crippen molar-refractivity contribution in [2.24, 2.45) is 0 Å². The van der Waals surface area contributed by atoms with Gasteiger partial charge in [0, 0.05) is 30.4 Å². The molecular weight excluding hydrogens is 264 g/mol. The first-order valence-corrected chi connectivity index (χ1v) is 7.01. The number of hydrogen-bond donors (Lipinski definition) is 1. The highest BCUT2D eigenvalue weighted by Crippen LogP contribution is 2.18. The van der Waals surface area contributed by atoms with Gasteiger partial charge in [-0.3, -0.25) is 4.98 Å². The summed E-state index contributed by atoms with van der Waals surface area (Å²) < 4.78 is 10.4. The van der Waals surface area contributed by atoms with E-state index in [9.17, 15) is 0 Å². The van der Waals surface area contributed by atoms with Crippen molar-refractivity contribution in [3.63, 3.8) is 0 Å². The molecule has 0 fully saturated rings. The number of rotatable bonds is 6. The van der Waals surface area contributed by atoms with Crippen molar-refractivity contribution >= 4 is 0 Å². The Labute approximate surface area is 126 Å². The van der Waals surface area contributed by atoms with E-state index in [4.69, 9.17) is 9.47 Å². The molecule has 0 aliphatic carbocycles. The second-order valence-corrected chi connectivity index (χ2v) is 5.02. The third-order valence-corrected chi connectivity index (χ3v) is 3.42. The topological polar surface area (TPSA) is 43.4 Å². The van der Waals surface area contributed by atoms with E-state index in [1.165, 1.54) is 5.56 Å². The van der Waals surface area contributed by atoms with E-state index in [2.05, 4.69) is 29.4 Å². The summed E-state index contributed by atoms with van der Waals surface area (Å²) >= 11 is 0. The third-order valence-electron chi connectivity index (χ3n) is 3.42. The second-order valence-electron chi connectivity index (χ2n) is 5.02. The number of methoxy groups -OCH3 is 2. The molecule has 1 aromatic heterocycles. The molecule has 0 saturated heterocycles. The SMILES string of the molecule is COc1ccc([C@H](C)NCc2cc(OC)cc(C)n2)cc1. The standard InChI is InChI=1S/C17H22N2O2/c1-12-9-17(21-4)10-15(19-12)11-18-13(2)14-5-7-16(20-3)8-6-14/h5-10,13,18H,11H2,1-4H3/t13-/m0/s1. The number of pyridine rings is 1. The fraction of sp³-hybridized carbons (Fsp3) is 0.353. The van der Waals surface area contributed by atoms with Crippen molar-refractivity contribution in [3.05, 3.63) is 53.3 Å². The summed E-state index contributed by atoms with van der Waals surface area (Å²) in [6.45, 7) is 4.80. The van der Waals surface area contributed by atoms with Gasteiger partial charge in [-0.25, -0.2) is 0 Å². The van der Waals surface area contributed by atoms with E-state index in [1.54, 1.807) is 14.2 Å². The number of benzene rings is 1. The third kappa shape index (κ3) is 4.20. The number of nitrogens with zero attached hydrogens (tertiary/aromatic N) is 1. The van der Waals surface area contributed by atoms with Crippen LogP contribution in [0.25, 0.3) is 0 Å². The van der Waals surface area contributed by atoms with Crippen molar-refractivity contribution in [2.45, 2.75) is 26.4 Å². The molecule has 0 spiro atoms. The highest BCUT2D eigenvalue weighted by molar-refractivity contribution is 5.29. The summed E-state index contributed by atoms with van der Waals surface area (Å²) in [6, 6.07) is 12.2. The maximum atomic E-state index is 5.27. The Morgan fingerprint density at radius 2 is 1.71 bits per heavy atom. The van der Waals surface area contributed by atoms with Gasteiger partial charge in [0.25, 0.3) is 0 Å². The molecule has 0 aliphatic rings. The van der Waals surface area contributed by atoms with E-state index >= 15 is 0 Å². The summed E-state index contributed by atoms with van der Waals surface area (Å²) in [5.41, 5.74) is 3.16. The summed E-state index contributed by atoms with van der Waals surface area (Å²) in [4.78, 5) is 4.51. The Morgan fingerprint density at radius 3 is 2.33 bits per heavy atom. The van der Waals surface area contributed by atoms with Gasteiger partial charge in [-0.05, 0) is 31.5 Å². The lowest BCUT2D eigenvalue weighted by atomic mass is 10.1. The van der Waals surface area contributed by atoms with E-state index in [0.29, 0.717) is 6.54 Å². The smallest absolute Gasteiger partial charge is 0.122 e. The van der Waals surface area contributed by atoms with Crippen LogP contribution in [0.3, 0.4) is 0 Å². The zero-order valence-corrected chi connectivity index (χ0v) is 13.0. The number of hydrogen-bond acceptors (Lipinski definition) is 4. The van der Waals surface area contributed by atoms with Crippen LogP contribution in [-0.4, -0.2) is 19.2 Å². The molecule has 1 N–H and O–H groups in total. The van der Waals surface area contributed by atoms with Gasteiger partial charge in [0.1, 0.15) is 11.5 Å². The molecule has 4 nitrogen and oxygen atoms in total. The normalized spacial score (nSPS) is 12.0. The van der Waals surface area contributed by atoms with Gasteiger partial charge in [0.15, 0.2) is 0 Å². The quantitative estimate of drug-likeness (QED) is 0.885. The molecule has 0 bridgehead atoms. The van der Waals surface area contributed by atoms with Crippen LogP contribution in [0, 0.1) is 6.92 Å². The minimum atomic E-state index is 0.240. The zero-order valence-electron chi connectivity index (χ0n) is 13.0. The Hall–Kier alpha value is -2.07. The molecule has 0 aliphatic heterocycles. The van der Waals surface area contributed by atoms with Crippen LogP contribution < -0.4 is 14.8 Å². The van der Waals surface area contributed by atoms with Crippen LogP contribution >= 0.6 is 0 Å². The molecule has 0 amide bonds. The summed E-state index contributed by atoms with van der Waals surface area (Å²) in [6.07, 6.45) is 0. The Bertz CT molecular complexity index is 582. The van der Waals surface area contributed by atoms with E-state index in [0.717, 1.165) is 22.9 Å². The monoisotopic (exact) mass is 286 g/mol. The van der Waals surface area contributed by atoms with Gasteiger partial charge < -0.3 is 14.8 Å². The van der Waals surface area contributed by atoms with Crippen LogP contribution in [0.2, 0.25) is 0 Å². The first-order chi connectivity index (χ1) is 10.1. The second kappa shape index (κ2) is 7.09. The lowest BCUT2D eigenvalue weighted by molar-refractivity contribution is 0.412. The highest BCUT2D eigenvalue weighted by atomic mass is 16.5. The lowest BCUT2D eigenvalue weighted by Crippen LogP contribution is -2.19. The summed E-state index contributed by atoms with van der Waals surface area (Å²) in [5.74, 6) is 1.72. The maximum Gasteiger partial charge on any atom is 0.122 e. The summed E-state index contributed by atoms with van der Waals surface area (Å²) in [7, 11) is 3.35. The van der Waals surface area contributed by atoms with Crippen molar-refractivity contribution in [1.29, 1.82) is 0 Å². The predicted molar refractivity (Wildman–Crippen MR) is 83.8 cm³/mol. The minimum Gasteiger partial charge on any atom is -0.497 e. The number of ether oxygens (including phenoxy) is 2. The van der Waals surface area contributed by atoms with Gasteiger partial charge in [0.05, 0.1) is 19.9 Å². The van der Waals surface area contributed by atoms with E-state index in [1.807, 2.05) is 31.2 Å². The first kappa shape index (κ1) is 15.3. The number of aryl methyl sites for hydroxylation is 1. The van der Waals surface area contributed by atoms with Gasteiger partial charge in [-0.2, -0.15) is 0 Å². The van der Waals surface area contributed by atoms with Gasteiger partial charge in [-0.15, -0.1) is 0 Å². The molecule has 1 heterocycles. The highest BCUT2D eigenvalue weighted by Gasteiger charge is 2.07. The largest absolute Gasteiger partial charge is 0.497 e. The van der Waals surface area contributed by atoms with Crippen LogP contribution in [0.4, 0.5) is 0 Å². The lowest BCUT2D eigenvalue weighted by Gasteiger charge is -2.15. The maximum absolute atomic E-state index is 5.27. The zero-order chi connectivity index (χ0) is 15.2. The van der Waals surface area contributed by atoms with Crippen molar-refractivity contribution in [1.82, 2.24) is 10.3 Å². The van der Waals surface area contributed by atoms with Gasteiger partial charge >= 0.3 is 0 Å². The minimum absolute atomic E-state index is 0.240. The fourth-order valence-corrected chi connectivity index (χ4v) is 2.18. The Morgan fingerprint density at radius 1 is 1.05 bits per heavy atom. The molecule has 1 atom stereocenters. The fourth-order valence-electron chi connectivity index (χ4n) is 2.18. The molecule has 2 aromatic rings. The molecule has 0 saturated carbocycles. The Balaban J connectivity index is 1.99. The van der Waals surface area contributed by atoms with Crippen LogP contribution in [0.15, 0.2) is 36.4 Å². The molecule has 112 valence electrons. The van der Waals surface area contributed by atoms with E-state index < -0.39 is 0 Å². The molecule has 0 radical (unpaired) electrons. The average Bonchev–Trinajstić information content (AvgIpc) is 2.52. The van der Waals surface area contributed by atoms with Gasteiger partial charge in [0.2, 0.25) is 0 Å². The van der Waals surface area contributed by atoms with Crippen molar-refractivity contribution in [2.75, 3.05) is 14.2 Å².